The van der Waals surface area contributed by atoms with Crippen molar-refractivity contribution in [3.05, 3.63) is 175 Å². The van der Waals surface area contributed by atoms with Crippen LogP contribution >= 0.6 is 0 Å². The molecule has 0 fully saturated rings. The Morgan fingerprint density at radius 2 is 0.936 bits per heavy atom. The molecule has 0 amide bonds. The van der Waals surface area contributed by atoms with Crippen LogP contribution in [0, 0.1) is 0 Å². The molecule has 0 saturated heterocycles. The fraction of sp³-hybridized carbons (Fsp3) is 0.0667. The quantitative estimate of drug-likeness (QED) is 0.195. The highest BCUT2D eigenvalue weighted by Gasteiger charge is 2.35. The maximum atomic E-state index is 6.06. The molecule has 0 unspecified atom stereocenters. The van der Waals surface area contributed by atoms with Gasteiger partial charge in [-0.1, -0.05) is 117 Å². The van der Waals surface area contributed by atoms with Crippen molar-refractivity contribution in [2.24, 2.45) is 0 Å². The summed E-state index contributed by atoms with van der Waals surface area (Å²) in [6.45, 7) is 4.66. The molecule has 2 heteroatoms. The lowest BCUT2D eigenvalue weighted by Crippen LogP contribution is -2.14. The van der Waals surface area contributed by atoms with Gasteiger partial charge in [0.15, 0.2) is 0 Å². The standard InChI is InChI=1S/C45H33NO/c1-45(2)41-14-8-6-12-37(41)39-28-32(20-26-42(39)45)30-16-22-35(23-17-30)46(34-10-4-3-5-11-34)36-24-18-31(19-25-36)33-21-27-44-40(29-33)38-13-7-9-15-43(38)47-44/h3-29H,1-2H3. The Balaban J connectivity index is 1.06. The Morgan fingerprint density at radius 3 is 1.68 bits per heavy atom. The third-order valence-electron chi connectivity index (χ3n) is 9.89. The lowest BCUT2D eigenvalue weighted by molar-refractivity contribution is 0.660. The summed E-state index contributed by atoms with van der Waals surface area (Å²) in [5, 5.41) is 2.29. The Hall–Kier alpha value is -5.86. The molecule has 0 radical (unpaired) electrons. The van der Waals surface area contributed by atoms with Crippen molar-refractivity contribution < 1.29 is 4.42 Å². The number of furan rings is 1. The van der Waals surface area contributed by atoms with Crippen molar-refractivity contribution in [1.29, 1.82) is 0 Å². The molecule has 8 aromatic rings. The summed E-state index contributed by atoms with van der Waals surface area (Å²) in [7, 11) is 0. The first kappa shape index (κ1) is 27.5. The van der Waals surface area contributed by atoms with Crippen molar-refractivity contribution in [3.8, 4) is 33.4 Å². The summed E-state index contributed by atoms with van der Waals surface area (Å²) >= 11 is 0. The molecule has 1 aliphatic carbocycles. The van der Waals surface area contributed by atoms with E-state index in [9.17, 15) is 0 Å². The Kier molecular flexibility index (Phi) is 6.20. The van der Waals surface area contributed by atoms with E-state index in [4.69, 9.17) is 4.42 Å². The van der Waals surface area contributed by atoms with Crippen LogP contribution in [0.2, 0.25) is 0 Å². The summed E-state index contributed by atoms with van der Waals surface area (Å²) in [4.78, 5) is 2.32. The predicted octanol–water partition coefficient (Wildman–Crippen LogP) is 12.7. The molecule has 1 aromatic heterocycles. The van der Waals surface area contributed by atoms with Crippen LogP contribution in [0.1, 0.15) is 25.0 Å². The number of nitrogens with zero attached hydrogens (tertiary/aromatic N) is 1. The number of hydrogen-bond donors (Lipinski definition) is 0. The second-order valence-electron chi connectivity index (χ2n) is 13.0. The van der Waals surface area contributed by atoms with E-state index in [1.807, 2.05) is 12.1 Å². The van der Waals surface area contributed by atoms with E-state index in [2.05, 4.69) is 170 Å². The molecule has 47 heavy (non-hydrogen) atoms. The molecule has 0 aliphatic heterocycles. The largest absolute Gasteiger partial charge is 0.456 e. The minimum absolute atomic E-state index is 0.0143. The van der Waals surface area contributed by atoms with Gasteiger partial charge in [0.2, 0.25) is 0 Å². The van der Waals surface area contributed by atoms with Crippen LogP contribution < -0.4 is 4.90 Å². The van der Waals surface area contributed by atoms with Crippen molar-refractivity contribution in [1.82, 2.24) is 0 Å². The normalized spacial score (nSPS) is 13.1. The van der Waals surface area contributed by atoms with Gasteiger partial charge in [-0.05, 0) is 105 Å². The fourth-order valence-corrected chi connectivity index (χ4v) is 7.44. The summed E-state index contributed by atoms with van der Waals surface area (Å²) in [5.74, 6) is 0. The molecule has 1 heterocycles. The Morgan fingerprint density at radius 1 is 0.404 bits per heavy atom. The highest BCUT2D eigenvalue weighted by atomic mass is 16.3. The molecular formula is C45H33NO. The number of hydrogen-bond acceptors (Lipinski definition) is 2. The second kappa shape index (κ2) is 10.6. The predicted molar refractivity (Wildman–Crippen MR) is 197 cm³/mol. The zero-order valence-electron chi connectivity index (χ0n) is 26.4. The number of fused-ring (bicyclic) bond motifs is 6. The third kappa shape index (κ3) is 4.48. The first-order valence-corrected chi connectivity index (χ1v) is 16.3. The molecule has 224 valence electrons. The van der Waals surface area contributed by atoms with Gasteiger partial charge in [-0.3, -0.25) is 0 Å². The van der Waals surface area contributed by atoms with E-state index in [-0.39, 0.29) is 5.41 Å². The second-order valence-corrected chi connectivity index (χ2v) is 13.0. The SMILES string of the molecule is CC1(C)c2ccccc2-c2cc(-c3ccc(N(c4ccccc4)c4ccc(-c5ccc6oc7ccccc7c6c5)cc4)cc3)ccc21. The van der Waals surface area contributed by atoms with Gasteiger partial charge in [-0.15, -0.1) is 0 Å². The van der Waals surface area contributed by atoms with E-state index in [1.54, 1.807) is 0 Å². The molecule has 0 bridgehead atoms. The minimum Gasteiger partial charge on any atom is -0.456 e. The van der Waals surface area contributed by atoms with Crippen molar-refractivity contribution >= 4 is 39.0 Å². The fourth-order valence-electron chi connectivity index (χ4n) is 7.44. The molecule has 7 aromatic carbocycles. The Bertz CT molecular complexity index is 2410. The van der Waals surface area contributed by atoms with Crippen LogP contribution in [0.4, 0.5) is 17.1 Å². The van der Waals surface area contributed by atoms with Gasteiger partial charge < -0.3 is 9.32 Å². The maximum absolute atomic E-state index is 6.06. The highest BCUT2D eigenvalue weighted by Crippen LogP contribution is 2.49. The molecule has 9 rings (SSSR count). The van der Waals surface area contributed by atoms with Gasteiger partial charge >= 0.3 is 0 Å². The van der Waals surface area contributed by atoms with E-state index in [1.165, 1.54) is 44.5 Å². The number of rotatable bonds is 5. The van der Waals surface area contributed by atoms with E-state index < -0.39 is 0 Å². The topological polar surface area (TPSA) is 16.4 Å². The summed E-state index contributed by atoms with van der Waals surface area (Å²) in [6, 6.07) is 58.9. The number of para-hydroxylation sites is 2. The van der Waals surface area contributed by atoms with Crippen LogP contribution in [-0.4, -0.2) is 0 Å². The van der Waals surface area contributed by atoms with Crippen LogP contribution in [0.15, 0.2) is 168 Å². The average molecular weight is 604 g/mol. The van der Waals surface area contributed by atoms with Gasteiger partial charge in [0.1, 0.15) is 11.2 Å². The van der Waals surface area contributed by atoms with E-state index in [0.29, 0.717) is 0 Å². The van der Waals surface area contributed by atoms with Crippen molar-refractivity contribution in [2.75, 3.05) is 4.90 Å². The summed E-state index contributed by atoms with van der Waals surface area (Å²) < 4.78 is 6.06. The van der Waals surface area contributed by atoms with Gasteiger partial charge in [0.05, 0.1) is 0 Å². The lowest BCUT2D eigenvalue weighted by atomic mass is 9.82. The number of anilines is 3. The molecule has 0 saturated carbocycles. The van der Waals surface area contributed by atoms with Crippen LogP contribution in [-0.2, 0) is 5.41 Å². The molecule has 2 nitrogen and oxygen atoms in total. The lowest BCUT2D eigenvalue weighted by Gasteiger charge is -2.26. The average Bonchev–Trinajstić information content (AvgIpc) is 3.61. The van der Waals surface area contributed by atoms with Crippen molar-refractivity contribution in [3.63, 3.8) is 0 Å². The van der Waals surface area contributed by atoms with Gasteiger partial charge in [-0.25, -0.2) is 0 Å². The minimum atomic E-state index is 0.0143. The van der Waals surface area contributed by atoms with Crippen LogP contribution in [0.3, 0.4) is 0 Å². The summed E-state index contributed by atoms with van der Waals surface area (Å²) in [6.07, 6.45) is 0. The van der Waals surface area contributed by atoms with Crippen molar-refractivity contribution in [2.45, 2.75) is 19.3 Å². The molecule has 0 atom stereocenters. The first-order chi connectivity index (χ1) is 23.0. The monoisotopic (exact) mass is 603 g/mol. The highest BCUT2D eigenvalue weighted by molar-refractivity contribution is 6.06. The maximum Gasteiger partial charge on any atom is 0.135 e. The van der Waals surface area contributed by atoms with Gasteiger partial charge in [0.25, 0.3) is 0 Å². The summed E-state index contributed by atoms with van der Waals surface area (Å²) in [5.41, 5.74) is 15.5. The molecular weight excluding hydrogens is 571 g/mol. The van der Waals surface area contributed by atoms with Gasteiger partial charge in [-0.2, -0.15) is 0 Å². The molecule has 0 N–H and O–H groups in total. The zero-order valence-corrected chi connectivity index (χ0v) is 26.4. The van der Waals surface area contributed by atoms with Crippen LogP contribution in [0.25, 0.3) is 55.3 Å². The van der Waals surface area contributed by atoms with E-state index >= 15 is 0 Å². The van der Waals surface area contributed by atoms with Crippen LogP contribution in [0.5, 0.6) is 0 Å². The Labute approximate surface area is 275 Å². The van der Waals surface area contributed by atoms with Gasteiger partial charge in [0, 0.05) is 33.2 Å². The van der Waals surface area contributed by atoms with E-state index in [0.717, 1.165) is 39.0 Å². The third-order valence-corrected chi connectivity index (χ3v) is 9.89. The number of benzene rings is 7. The molecule has 0 spiro atoms. The first-order valence-electron chi connectivity index (χ1n) is 16.3. The smallest absolute Gasteiger partial charge is 0.135 e. The zero-order chi connectivity index (χ0) is 31.5. The molecule has 1 aliphatic rings.